The maximum Gasteiger partial charge on any atom is 0.0355 e. The zero-order valence-corrected chi connectivity index (χ0v) is 11.9. The minimum absolute atomic E-state index is 1.00. The molecule has 0 radical (unpaired) electrons. The van der Waals surface area contributed by atoms with Gasteiger partial charge in [-0.3, -0.25) is 0 Å². The molecule has 0 aliphatic carbocycles. The first-order valence-electron chi connectivity index (χ1n) is 6.84. The van der Waals surface area contributed by atoms with Gasteiger partial charge in [-0.25, -0.2) is 0 Å². The standard InChI is InChI=1S/C19H14S/c1-2-6-14(7-3-1)12-15-10-11-19-17(13-15)16-8-4-5-9-18(16)20-19/h1-11,13H,12H2. The Morgan fingerprint density at radius 1 is 0.600 bits per heavy atom. The number of thiophene rings is 1. The van der Waals surface area contributed by atoms with Crippen LogP contribution in [0, 0.1) is 0 Å². The van der Waals surface area contributed by atoms with Crippen LogP contribution in [0.3, 0.4) is 0 Å². The van der Waals surface area contributed by atoms with E-state index in [1.165, 1.54) is 31.3 Å². The molecule has 0 nitrogen and oxygen atoms in total. The normalized spacial score (nSPS) is 11.2. The van der Waals surface area contributed by atoms with Gasteiger partial charge in [0.1, 0.15) is 0 Å². The number of rotatable bonds is 2. The molecule has 0 fully saturated rings. The van der Waals surface area contributed by atoms with Crippen LogP contribution in [0.1, 0.15) is 11.1 Å². The van der Waals surface area contributed by atoms with Gasteiger partial charge in [0.05, 0.1) is 0 Å². The minimum atomic E-state index is 1.00. The highest BCUT2D eigenvalue weighted by Gasteiger charge is 2.05. The highest BCUT2D eigenvalue weighted by Crippen LogP contribution is 2.34. The van der Waals surface area contributed by atoms with Crippen LogP contribution in [-0.4, -0.2) is 0 Å². The molecule has 0 bridgehead atoms. The van der Waals surface area contributed by atoms with Gasteiger partial charge in [-0.15, -0.1) is 11.3 Å². The van der Waals surface area contributed by atoms with E-state index in [4.69, 9.17) is 0 Å². The van der Waals surface area contributed by atoms with E-state index in [2.05, 4.69) is 72.8 Å². The van der Waals surface area contributed by atoms with Crippen LogP contribution in [0.25, 0.3) is 20.2 Å². The Bertz CT molecular complexity index is 872. The summed E-state index contributed by atoms with van der Waals surface area (Å²) < 4.78 is 2.75. The van der Waals surface area contributed by atoms with Crippen molar-refractivity contribution in [2.45, 2.75) is 6.42 Å². The Kier molecular flexibility index (Phi) is 2.79. The van der Waals surface area contributed by atoms with Gasteiger partial charge in [-0.1, -0.05) is 54.6 Å². The average Bonchev–Trinajstić information content (AvgIpc) is 2.86. The second-order valence-corrected chi connectivity index (χ2v) is 6.17. The predicted octanol–water partition coefficient (Wildman–Crippen LogP) is 5.65. The topological polar surface area (TPSA) is 0 Å². The minimum Gasteiger partial charge on any atom is -0.135 e. The maximum absolute atomic E-state index is 2.35. The lowest BCUT2D eigenvalue weighted by atomic mass is 10.0. The maximum atomic E-state index is 2.35. The first-order valence-corrected chi connectivity index (χ1v) is 7.66. The molecular weight excluding hydrogens is 260 g/mol. The first kappa shape index (κ1) is 11.7. The molecule has 0 spiro atoms. The number of benzene rings is 3. The molecule has 0 unspecified atom stereocenters. The molecule has 0 saturated heterocycles. The van der Waals surface area contributed by atoms with Crippen LogP contribution in [0.15, 0.2) is 72.8 Å². The van der Waals surface area contributed by atoms with E-state index < -0.39 is 0 Å². The van der Waals surface area contributed by atoms with Crippen molar-refractivity contribution >= 4 is 31.5 Å². The molecule has 96 valence electrons. The van der Waals surface area contributed by atoms with Gasteiger partial charge in [0, 0.05) is 20.2 Å². The second-order valence-electron chi connectivity index (χ2n) is 5.09. The van der Waals surface area contributed by atoms with Crippen molar-refractivity contribution < 1.29 is 0 Å². The third-order valence-electron chi connectivity index (χ3n) is 3.69. The van der Waals surface area contributed by atoms with Crippen LogP contribution in [-0.2, 0) is 6.42 Å². The zero-order chi connectivity index (χ0) is 13.4. The van der Waals surface area contributed by atoms with Gasteiger partial charge >= 0.3 is 0 Å². The van der Waals surface area contributed by atoms with E-state index in [0.29, 0.717) is 0 Å². The molecular formula is C19H14S. The van der Waals surface area contributed by atoms with Gasteiger partial charge in [0.15, 0.2) is 0 Å². The third-order valence-corrected chi connectivity index (χ3v) is 4.84. The van der Waals surface area contributed by atoms with Crippen LogP contribution in [0.4, 0.5) is 0 Å². The highest BCUT2D eigenvalue weighted by atomic mass is 32.1. The van der Waals surface area contributed by atoms with Crippen LogP contribution >= 0.6 is 11.3 Å². The molecule has 0 aliphatic rings. The van der Waals surface area contributed by atoms with Crippen molar-refractivity contribution in [1.29, 1.82) is 0 Å². The average molecular weight is 274 g/mol. The van der Waals surface area contributed by atoms with Crippen molar-refractivity contribution in [3.63, 3.8) is 0 Å². The van der Waals surface area contributed by atoms with Gasteiger partial charge < -0.3 is 0 Å². The predicted molar refractivity (Wildman–Crippen MR) is 88.6 cm³/mol. The number of fused-ring (bicyclic) bond motifs is 3. The quantitative estimate of drug-likeness (QED) is 0.443. The van der Waals surface area contributed by atoms with Gasteiger partial charge in [0.2, 0.25) is 0 Å². The highest BCUT2D eigenvalue weighted by molar-refractivity contribution is 7.25. The first-order chi connectivity index (χ1) is 9.90. The zero-order valence-electron chi connectivity index (χ0n) is 11.0. The summed E-state index contributed by atoms with van der Waals surface area (Å²) in [7, 11) is 0. The molecule has 1 aromatic heterocycles. The largest absolute Gasteiger partial charge is 0.135 e. The monoisotopic (exact) mass is 274 g/mol. The molecule has 20 heavy (non-hydrogen) atoms. The molecule has 1 heteroatoms. The summed E-state index contributed by atoms with van der Waals surface area (Å²) in [6.07, 6.45) is 1.00. The van der Waals surface area contributed by atoms with Crippen molar-refractivity contribution in [2.24, 2.45) is 0 Å². The molecule has 0 saturated carbocycles. The molecule has 0 atom stereocenters. The Morgan fingerprint density at radius 3 is 2.25 bits per heavy atom. The summed E-state index contributed by atoms with van der Waals surface area (Å²) in [5.41, 5.74) is 2.75. The fraction of sp³-hybridized carbons (Fsp3) is 0.0526. The summed E-state index contributed by atoms with van der Waals surface area (Å²) in [5, 5.41) is 2.77. The van der Waals surface area contributed by atoms with E-state index in [1.54, 1.807) is 0 Å². The van der Waals surface area contributed by atoms with Crippen LogP contribution in [0.5, 0.6) is 0 Å². The summed E-state index contributed by atoms with van der Waals surface area (Å²) in [6, 6.07) is 26.2. The Morgan fingerprint density at radius 2 is 1.35 bits per heavy atom. The second kappa shape index (κ2) is 4.77. The molecule has 1 heterocycles. The fourth-order valence-electron chi connectivity index (χ4n) is 2.71. The Hall–Kier alpha value is -2.12. The van der Waals surface area contributed by atoms with E-state index in [9.17, 15) is 0 Å². The SMILES string of the molecule is c1ccc(Cc2ccc3sc4ccccc4c3c2)cc1. The van der Waals surface area contributed by atoms with Gasteiger partial charge in [-0.2, -0.15) is 0 Å². The van der Waals surface area contributed by atoms with Gasteiger partial charge in [-0.05, 0) is 35.7 Å². The van der Waals surface area contributed by atoms with Crippen LogP contribution < -0.4 is 0 Å². The van der Waals surface area contributed by atoms with E-state index in [-0.39, 0.29) is 0 Å². The van der Waals surface area contributed by atoms with Crippen molar-refractivity contribution in [1.82, 2.24) is 0 Å². The van der Waals surface area contributed by atoms with E-state index in [1.807, 2.05) is 11.3 Å². The van der Waals surface area contributed by atoms with E-state index in [0.717, 1.165) is 6.42 Å². The van der Waals surface area contributed by atoms with Gasteiger partial charge in [0.25, 0.3) is 0 Å². The molecule has 4 aromatic rings. The molecule has 0 amide bonds. The molecule has 0 N–H and O–H groups in total. The summed E-state index contributed by atoms with van der Waals surface area (Å²) >= 11 is 1.88. The number of hydrogen-bond donors (Lipinski definition) is 0. The van der Waals surface area contributed by atoms with Crippen molar-refractivity contribution in [3.05, 3.63) is 83.9 Å². The summed E-state index contributed by atoms with van der Waals surface area (Å²) in [5.74, 6) is 0. The molecule has 3 aromatic carbocycles. The fourth-order valence-corrected chi connectivity index (χ4v) is 3.80. The Labute approximate surface area is 122 Å². The number of hydrogen-bond acceptors (Lipinski definition) is 1. The lowest BCUT2D eigenvalue weighted by Crippen LogP contribution is -1.86. The lowest BCUT2D eigenvalue weighted by molar-refractivity contribution is 1.20. The Balaban J connectivity index is 1.83. The molecule has 0 aliphatic heterocycles. The smallest absolute Gasteiger partial charge is 0.0355 e. The lowest BCUT2D eigenvalue weighted by Gasteiger charge is -2.02. The summed E-state index contributed by atoms with van der Waals surface area (Å²) in [6.45, 7) is 0. The van der Waals surface area contributed by atoms with E-state index >= 15 is 0 Å². The third kappa shape index (κ3) is 2.00. The summed E-state index contributed by atoms with van der Waals surface area (Å²) in [4.78, 5) is 0. The van der Waals surface area contributed by atoms with Crippen molar-refractivity contribution in [3.8, 4) is 0 Å². The molecule has 4 rings (SSSR count). The van der Waals surface area contributed by atoms with Crippen molar-refractivity contribution in [2.75, 3.05) is 0 Å². The van der Waals surface area contributed by atoms with Crippen LogP contribution in [0.2, 0.25) is 0 Å².